The summed E-state index contributed by atoms with van der Waals surface area (Å²) in [6.45, 7) is 6.05. The molecule has 0 aliphatic carbocycles. The van der Waals surface area contributed by atoms with Gasteiger partial charge in [0.1, 0.15) is 5.78 Å². The Bertz CT molecular complexity index is 383. The lowest BCUT2D eigenvalue weighted by molar-refractivity contribution is -0.118. The van der Waals surface area contributed by atoms with Crippen molar-refractivity contribution in [3.05, 3.63) is 29.3 Å². The van der Waals surface area contributed by atoms with Crippen molar-refractivity contribution < 1.29 is 4.79 Å². The van der Waals surface area contributed by atoms with Crippen LogP contribution < -0.4 is 4.90 Å². The average molecular weight is 253 g/mol. The zero-order valence-corrected chi connectivity index (χ0v) is 10.8. The molecule has 3 nitrogen and oxygen atoms in total. The standard InChI is InChI=1S/C13H17ClN2O/c1-11(17)10-15-6-8-16(9-7-15)13-4-2-12(14)3-5-13/h2-5H,6-10H2,1H3. The lowest BCUT2D eigenvalue weighted by atomic mass is 10.2. The molecule has 0 atom stereocenters. The number of carbonyl (C=O) groups is 1. The first-order valence-corrected chi connectivity index (χ1v) is 6.25. The highest BCUT2D eigenvalue weighted by Crippen LogP contribution is 2.19. The van der Waals surface area contributed by atoms with E-state index >= 15 is 0 Å². The zero-order valence-electron chi connectivity index (χ0n) is 10.0. The first-order chi connectivity index (χ1) is 8.15. The SMILES string of the molecule is CC(=O)CN1CCN(c2ccc(Cl)cc2)CC1. The van der Waals surface area contributed by atoms with Crippen LogP contribution in [-0.2, 0) is 4.79 Å². The quantitative estimate of drug-likeness (QED) is 0.823. The summed E-state index contributed by atoms with van der Waals surface area (Å²) in [4.78, 5) is 15.6. The van der Waals surface area contributed by atoms with E-state index in [1.807, 2.05) is 24.3 Å². The first kappa shape index (κ1) is 12.4. The summed E-state index contributed by atoms with van der Waals surface area (Å²) in [5.74, 6) is 0.241. The third-order valence-electron chi connectivity index (χ3n) is 3.01. The number of piperazine rings is 1. The topological polar surface area (TPSA) is 23.6 Å². The van der Waals surface area contributed by atoms with Crippen molar-refractivity contribution in [1.29, 1.82) is 0 Å². The lowest BCUT2D eigenvalue weighted by Crippen LogP contribution is -2.47. The van der Waals surface area contributed by atoms with Crippen LogP contribution in [0.4, 0.5) is 5.69 Å². The van der Waals surface area contributed by atoms with Crippen molar-refractivity contribution >= 4 is 23.1 Å². The predicted octanol–water partition coefficient (Wildman–Crippen LogP) is 2.05. The highest BCUT2D eigenvalue weighted by molar-refractivity contribution is 6.30. The highest BCUT2D eigenvalue weighted by Gasteiger charge is 2.17. The molecule has 1 heterocycles. The second-order valence-corrected chi connectivity index (χ2v) is 4.88. The number of nitrogens with zero attached hydrogens (tertiary/aromatic N) is 2. The monoisotopic (exact) mass is 252 g/mol. The second kappa shape index (κ2) is 5.52. The van der Waals surface area contributed by atoms with Gasteiger partial charge in [-0.15, -0.1) is 0 Å². The van der Waals surface area contributed by atoms with E-state index in [1.54, 1.807) is 6.92 Å². The van der Waals surface area contributed by atoms with Crippen LogP contribution in [-0.4, -0.2) is 43.4 Å². The Kier molecular flexibility index (Phi) is 4.02. The number of rotatable bonds is 3. The summed E-state index contributed by atoms with van der Waals surface area (Å²) in [5.41, 5.74) is 1.21. The number of Topliss-reactive ketones (excluding diaryl/α,β-unsaturated/α-hetero) is 1. The molecule has 92 valence electrons. The van der Waals surface area contributed by atoms with Crippen LogP contribution in [0.25, 0.3) is 0 Å². The molecule has 0 spiro atoms. The van der Waals surface area contributed by atoms with Crippen LogP contribution in [0.3, 0.4) is 0 Å². The third kappa shape index (κ3) is 3.45. The van der Waals surface area contributed by atoms with Gasteiger partial charge >= 0.3 is 0 Å². The van der Waals surface area contributed by atoms with Gasteiger partial charge in [0.2, 0.25) is 0 Å². The molecule has 2 rings (SSSR count). The van der Waals surface area contributed by atoms with E-state index < -0.39 is 0 Å². The fraction of sp³-hybridized carbons (Fsp3) is 0.462. The molecular formula is C13H17ClN2O. The fourth-order valence-corrected chi connectivity index (χ4v) is 2.26. The molecule has 1 saturated heterocycles. The Morgan fingerprint density at radius 2 is 1.76 bits per heavy atom. The number of halogens is 1. The minimum absolute atomic E-state index is 0.241. The molecule has 0 amide bonds. The van der Waals surface area contributed by atoms with Gasteiger partial charge in [0.15, 0.2) is 0 Å². The van der Waals surface area contributed by atoms with E-state index in [4.69, 9.17) is 11.6 Å². The number of ketones is 1. The van der Waals surface area contributed by atoms with E-state index in [1.165, 1.54) is 5.69 Å². The molecule has 17 heavy (non-hydrogen) atoms. The summed E-state index contributed by atoms with van der Waals surface area (Å²) in [5, 5.41) is 0.768. The minimum atomic E-state index is 0.241. The van der Waals surface area contributed by atoms with Crippen LogP contribution in [0.2, 0.25) is 5.02 Å². The van der Waals surface area contributed by atoms with E-state index in [0.717, 1.165) is 31.2 Å². The molecule has 1 aliphatic rings. The lowest BCUT2D eigenvalue weighted by Gasteiger charge is -2.35. The van der Waals surface area contributed by atoms with Gasteiger partial charge in [0.05, 0.1) is 6.54 Å². The van der Waals surface area contributed by atoms with Gasteiger partial charge < -0.3 is 4.90 Å². The van der Waals surface area contributed by atoms with Crippen molar-refractivity contribution in [1.82, 2.24) is 4.90 Å². The normalized spacial score (nSPS) is 17.2. The van der Waals surface area contributed by atoms with Crippen LogP contribution in [0.1, 0.15) is 6.92 Å². The predicted molar refractivity (Wildman–Crippen MR) is 70.8 cm³/mol. The van der Waals surface area contributed by atoms with Crippen LogP contribution in [0, 0.1) is 0 Å². The molecule has 1 fully saturated rings. The van der Waals surface area contributed by atoms with E-state index in [9.17, 15) is 4.79 Å². The molecule has 1 aromatic carbocycles. The summed E-state index contributed by atoms with van der Waals surface area (Å²) in [7, 11) is 0. The molecule has 0 aromatic heterocycles. The Morgan fingerprint density at radius 1 is 1.18 bits per heavy atom. The van der Waals surface area contributed by atoms with Crippen molar-refractivity contribution in [2.45, 2.75) is 6.92 Å². The van der Waals surface area contributed by atoms with Gasteiger partial charge in [-0.25, -0.2) is 0 Å². The highest BCUT2D eigenvalue weighted by atomic mass is 35.5. The fourth-order valence-electron chi connectivity index (χ4n) is 2.13. The summed E-state index contributed by atoms with van der Waals surface area (Å²) < 4.78 is 0. The summed E-state index contributed by atoms with van der Waals surface area (Å²) in [6.07, 6.45) is 0. The Hall–Kier alpha value is -1.06. The second-order valence-electron chi connectivity index (χ2n) is 4.44. The van der Waals surface area contributed by atoms with Crippen molar-refractivity contribution in [2.24, 2.45) is 0 Å². The molecule has 0 bridgehead atoms. The van der Waals surface area contributed by atoms with E-state index in [0.29, 0.717) is 6.54 Å². The average Bonchev–Trinajstić information content (AvgIpc) is 2.30. The maximum Gasteiger partial charge on any atom is 0.143 e. The van der Waals surface area contributed by atoms with Crippen molar-refractivity contribution in [2.75, 3.05) is 37.6 Å². The van der Waals surface area contributed by atoms with E-state index in [-0.39, 0.29) is 5.78 Å². The first-order valence-electron chi connectivity index (χ1n) is 5.87. The molecule has 1 aromatic rings. The molecule has 4 heteroatoms. The number of hydrogen-bond acceptors (Lipinski definition) is 3. The number of carbonyl (C=O) groups excluding carboxylic acids is 1. The summed E-state index contributed by atoms with van der Waals surface area (Å²) >= 11 is 5.87. The molecule has 1 aliphatic heterocycles. The van der Waals surface area contributed by atoms with Crippen molar-refractivity contribution in [3.63, 3.8) is 0 Å². The smallest absolute Gasteiger partial charge is 0.143 e. The molecule has 0 unspecified atom stereocenters. The number of benzene rings is 1. The molecule has 0 N–H and O–H groups in total. The van der Waals surface area contributed by atoms with Gasteiger partial charge in [0.25, 0.3) is 0 Å². The number of anilines is 1. The zero-order chi connectivity index (χ0) is 12.3. The van der Waals surface area contributed by atoms with Gasteiger partial charge in [-0.05, 0) is 31.2 Å². The van der Waals surface area contributed by atoms with Gasteiger partial charge in [-0.1, -0.05) is 11.6 Å². The van der Waals surface area contributed by atoms with Gasteiger partial charge in [-0.3, -0.25) is 9.69 Å². The maximum absolute atomic E-state index is 11.0. The van der Waals surface area contributed by atoms with Crippen molar-refractivity contribution in [3.8, 4) is 0 Å². The Balaban J connectivity index is 1.90. The van der Waals surface area contributed by atoms with Crippen LogP contribution >= 0.6 is 11.6 Å². The molecule has 0 radical (unpaired) electrons. The largest absolute Gasteiger partial charge is 0.369 e. The minimum Gasteiger partial charge on any atom is -0.369 e. The molecular weight excluding hydrogens is 236 g/mol. The van der Waals surface area contributed by atoms with Gasteiger partial charge in [-0.2, -0.15) is 0 Å². The van der Waals surface area contributed by atoms with Crippen LogP contribution in [0.15, 0.2) is 24.3 Å². The van der Waals surface area contributed by atoms with Crippen LogP contribution in [0.5, 0.6) is 0 Å². The van der Waals surface area contributed by atoms with E-state index in [2.05, 4.69) is 9.80 Å². The maximum atomic E-state index is 11.0. The Labute approximate surface area is 107 Å². The Morgan fingerprint density at radius 3 is 2.29 bits per heavy atom. The third-order valence-corrected chi connectivity index (χ3v) is 3.26. The summed E-state index contributed by atoms with van der Waals surface area (Å²) in [6, 6.07) is 7.92. The molecule has 0 saturated carbocycles. The van der Waals surface area contributed by atoms with Gasteiger partial charge in [0, 0.05) is 36.9 Å². The number of hydrogen-bond donors (Lipinski definition) is 0.